The summed E-state index contributed by atoms with van der Waals surface area (Å²) >= 11 is 0. The second kappa shape index (κ2) is 7.43. The third kappa shape index (κ3) is 3.32. The first kappa shape index (κ1) is 18.7. The lowest BCUT2D eigenvalue weighted by molar-refractivity contribution is -0.127. The van der Waals surface area contributed by atoms with E-state index >= 15 is 0 Å². The quantitative estimate of drug-likeness (QED) is 0.803. The third-order valence-electron chi connectivity index (χ3n) is 5.84. The summed E-state index contributed by atoms with van der Waals surface area (Å²) in [5, 5.41) is 5.99. The Hall–Kier alpha value is -2.61. The first-order valence-electron chi connectivity index (χ1n) is 9.94. The van der Waals surface area contributed by atoms with Crippen molar-refractivity contribution in [1.29, 1.82) is 0 Å². The number of aliphatic imine (C=N–C) groups is 1. The molecule has 8 heteroatoms. The van der Waals surface area contributed by atoms with Gasteiger partial charge in [0.1, 0.15) is 0 Å². The van der Waals surface area contributed by atoms with E-state index in [4.69, 9.17) is 4.99 Å². The fourth-order valence-corrected chi connectivity index (χ4v) is 4.11. The maximum Gasteiger partial charge on any atom is 0.325 e. The SMILES string of the molecule is CCC1CN(C2=NC3C(C(=O)NC(=O)N3C)N2Cc2ccc(C)cc2)CCN1. The molecule has 1 aromatic rings. The number of hydrogen-bond donors (Lipinski definition) is 2. The summed E-state index contributed by atoms with van der Waals surface area (Å²) in [6.07, 6.45) is 0.546. The Morgan fingerprint density at radius 1 is 1.21 bits per heavy atom. The number of likely N-dealkylation sites (N-methyl/N-ethyl adjacent to an activating group) is 1. The van der Waals surface area contributed by atoms with Crippen molar-refractivity contribution < 1.29 is 9.59 Å². The number of aryl methyl sites for hydroxylation is 1. The minimum absolute atomic E-state index is 0.277. The summed E-state index contributed by atoms with van der Waals surface area (Å²) in [7, 11) is 1.70. The summed E-state index contributed by atoms with van der Waals surface area (Å²) in [4.78, 5) is 35.6. The number of fused-ring (bicyclic) bond motifs is 1. The highest BCUT2D eigenvalue weighted by Crippen LogP contribution is 2.27. The molecule has 0 spiro atoms. The van der Waals surface area contributed by atoms with Crippen molar-refractivity contribution in [3.63, 3.8) is 0 Å². The Kier molecular flexibility index (Phi) is 4.97. The number of carbonyl (C=O) groups excluding carboxylic acids is 2. The zero-order valence-electron chi connectivity index (χ0n) is 16.7. The lowest BCUT2D eigenvalue weighted by Crippen LogP contribution is -2.64. The van der Waals surface area contributed by atoms with E-state index in [2.05, 4.69) is 58.5 Å². The summed E-state index contributed by atoms with van der Waals surface area (Å²) in [5.41, 5.74) is 2.32. The Balaban J connectivity index is 1.66. The largest absolute Gasteiger partial charge is 0.340 e. The van der Waals surface area contributed by atoms with E-state index in [-0.39, 0.29) is 5.91 Å². The van der Waals surface area contributed by atoms with E-state index < -0.39 is 18.2 Å². The van der Waals surface area contributed by atoms with Crippen molar-refractivity contribution in [1.82, 2.24) is 25.3 Å². The lowest BCUT2D eigenvalue weighted by Gasteiger charge is -2.40. The first-order chi connectivity index (χ1) is 13.5. The van der Waals surface area contributed by atoms with Crippen LogP contribution in [0, 0.1) is 6.92 Å². The van der Waals surface area contributed by atoms with Gasteiger partial charge >= 0.3 is 6.03 Å². The summed E-state index contributed by atoms with van der Waals surface area (Å²) in [5.74, 6) is 0.536. The molecule has 4 rings (SSSR count). The minimum Gasteiger partial charge on any atom is -0.340 e. The average molecular weight is 384 g/mol. The highest BCUT2D eigenvalue weighted by atomic mass is 16.2. The Bertz CT molecular complexity index is 792. The van der Waals surface area contributed by atoms with E-state index in [9.17, 15) is 9.59 Å². The Morgan fingerprint density at radius 2 is 1.96 bits per heavy atom. The molecule has 2 saturated heterocycles. The van der Waals surface area contributed by atoms with Crippen LogP contribution in [0.2, 0.25) is 0 Å². The van der Waals surface area contributed by atoms with Crippen molar-refractivity contribution in [3.8, 4) is 0 Å². The predicted octanol–water partition coefficient (Wildman–Crippen LogP) is 0.727. The van der Waals surface area contributed by atoms with Crippen molar-refractivity contribution in [2.75, 3.05) is 26.7 Å². The lowest BCUT2D eigenvalue weighted by atomic mass is 10.1. The number of piperazine rings is 1. The van der Waals surface area contributed by atoms with Gasteiger partial charge in [-0.05, 0) is 18.9 Å². The minimum atomic E-state index is -0.506. The fraction of sp³-hybridized carbons (Fsp3) is 0.550. The molecule has 0 aliphatic carbocycles. The van der Waals surface area contributed by atoms with Gasteiger partial charge < -0.3 is 20.0 Å². The van der Waals surface area contributed by atoms with Crippen LogP contribution in [0.5, 0.6) is 0 Å². The van der Waals surface area contributed by atoms with E-state index in [0.717, 1.165) is 37.6 Å². The molecule has 3 heterocycles. The molecule has 1 aromatic carbocycles. The zero-order chi connectivity index (χ0) is 19.8. The van der Waals surface area contributed by atoms with Crippen LogP contribution >= 0.6 is 0 Å². The highest BCUT2D eigenvalue weighted by Gasteiger charge is 2.49. The predicted molar refractivity (Wildman–Crippen MR) is 107 cm³/mol. The Labute approximate surface area is 165 Å². The number of rotatable bonds is 3. The first-order valence-corrected chi connectivity index (χ1v) is 9.94. The van der Waals surface area contributed by atoms with Crippen LogP contribution in [0.15, 0.2) is 29.3 Å². The number of amides is 3. The molecule has 0 aromatic heterocycles. The maximum atomic E-state index is 12.7. The number of benzene rings is 1. The summed E-state index contributed by atoms with van der Waals surface area (Å²) < 4.78 is 0. The van der Waals surface area contributed by atoms with Crippen molar-refractivity contribution >= 4 is 17.9 Å². The molecule has 28 heavy (non-hydrogen) atoms. The molecule has 0 radical (unpaired) electrons. The molecule has 3 unspecified atom stereocenters. The smallest absolute Gasteiger partial charge is 0.325 e. The van der Waals surface area contributed by atoms with Crippen molar-refractivity contribution in [2.45, 2.75) is 45.1 Å². The maximum absolute atomic E-state index is 12.7. The van der Waals surface area contributed by atoms with Crippen LogP contribution < -0.4 is 10.6 Å². The van der Waals surface area contributed by atoms with Gasteiger partial charge in [-0.15, -0.1) is 0 Å². The van der Waals surface area contributed by atoms with E-state index in [0.29, 0.717) is 12.6 Å². The molecule has 0 bridgehead atoms. The molecule has 3 aliphatic rings. The monoisotopic (exact) mass is 384 g/mol. The Morgan fingerprint density at radius 3 is 2.68 bits per heavy atom. The van der Waals surface area contributed by atoms with Crippen LogP contribution in [-0.4, -0.2) is 77.5 Å². The standard InChI is InChI=1S/C20H28N6O2/c1-4-15-12-25(10-9-21-15)19-22-17-16(18(27)23-20(28)24(17)3)26(19)11-14-7-5-13(2)6-8-14/h5-8,15-17,21H,4,9-12H2,1-3H3,(H,23,27,28). The molecule has 150 valence electrons. The number of urea groups is 1. The van der Waals surface area contributed by atoms with Crippen LogP contribution in [0.4, 0.5) is 4.79 Å². The topological polar surface area (TPSA) is 80.3 Å². The van der Waals surface area contributed by atoms with Gasteiger partial charge in [0.25, 0.3) is 5.91 Å². The summed E-state index contributed by atoms with van der Waals surface area (Å²) in [6.45, 7) is 7.37. The van der Waals surface area contributed by atoms with Crippen molar-refractivity contribution in [3.05, 3.63) is 35.4 Å². The van der Waals surface area contributed by atoms with E-state index in [1.165, 1.54) is 10.5 Å². The number of carbonyl (C=O) groups is 2. The second-order valence-electron chi connectivity index (χ2n) is 7.81. The molecule has 3 aliphatic heterocycles. The molecule has 3 amide bonds. The van der Waals surface area contributed by atoms with Crippen LogP contribution in [0.3, 0.4) is 0 Å². The third-order valence-corrected chi connectivity index (χ3v) is 5.84. The molecule has 0 saturated carbocycles. The van der Waals surface area contributed by atoms with Gasteiger partial charge in [-0.25, -0.2) is 9.79 Å². The normalized spacial score (nSPS) is 27.6. The number of guanidine groups is 1. The zero-order valence-corrected chi connectivity index (χ0v) is 16.7. The van der Waals surface area contributed by atoms with Crippen LogP contribution in [0.1, 0.15) is 24.5 Å². The van der Waals surface area contributed by atoms with Gasteiger partial charge in [-0.2, -0.15) is 0 Å². The molecule has 8 nitrogen and oxygen atoms in total. The van der Waals surface area contributed by atoms with Crippen LogP contribution in [0.25, 0.3) is 0 Å². The van der Waals surface area contributed by atoms with Gasteiger partial charge in [-0.1, -0.05) is 36.8 Å². The highest BCUT2D eigenvalue weighted by molar-refractivity contribution is 6.03. The van der Waals surface area contributed by atoms with Crippen LogP contribution in [-0.2, 0) is 11.3 Å². The fourth-order valence-electron chi connectivity index (χ4n) is 4.11. The van der Waals surface area contributed by atoms with Gasteiger partial charge in [-0.3, -0.25) is 10.1 Å². The van der Waals surface area contributed by atoms with Gasteiger partial charge in [0.2, 0.25) is 0 Å². The number of imide groups is 1. The number of nitrogens with one attached hydrogen (secondary N) is 2. The van der Waals surface area contributed by atoms with Gasteiger partial charge in [0.15, 0.2) is 18.2 Å². The molecule has 2 fully saturated rings. The van der Waals surface area contributed by atoms with E-state index in [1.54, 1.807) is 7.05 Å². The number of hydrogen-bond acceptors (Lipinski definition) is 6. The summed E-state index contributed by atoms with van der Waals surface area (Å²) in [6, 6.07) is 7.83. The second-order valence-corrected chi connectivity index (χ2v) is 7.81. The molecular formula is C20H28N6O2. The molecule has 3 atom stereocenters. The van der Waals surface area contributed by atoms with Gasteiger partial charge in [0.05, 0.1) is 0 Å². The average Bonchev–Trinajstić information content (AvgIpc) is 3.08. The van der Waals surface area contributed by atoms with Crippen molar-refractivity contribution in [2.24, 2.45) is 4.99 Å². The number of nitrogens with zero attached hydrogens (tertiary/aromatic N) is 4. The van der Waals surface area contributed by atoms with E-state index in [1.807, 2.05) is 0 Å². The van der Waals surface area contributed by atoms with Gasteiger partial charge in [0, 0.05) is 39.3 Å². The molecule has 2 N–H and O–H groups in total. The molecular weight excluding hydrogens is 356 g/mol.